The average molecular weight is 540 g/mol. The van der Waals surface area contributed by atoms with Crippen LogP contribution in [0.4, 0.5) is 24.7 Å². The third kappa shape index (κ3) is 4.88. The van der Waals surface area contributed by atoms with Crippen LogP contribution in [0.25, 0.3) is 32.2 Å². The molecule has 0 radical (unpaired) electrons. The lowest BCUT2D eigenvalue weighted by Crippen LogP contribution is -2.40. The molecule has 0 saturated carbocycles. The van der Waals surface area contributed by atoms with Crippen LogP contribution < -0.4 is 10.1 Å². The highest BCUT2D eigenvalue weighted by atomic mass is 32.1. The Balaban J connectivity index is 1.38. The summed E-state index contributed by atoms with van der Waals surface area (Å²) in [5, 5.41) is 8.01. The molecule has 196 valence electrons. The van der Waals surface area contributed by atoms with Crippen molar-refractivity contribution in [2.45, 2.75) is 25.4 Å². The second kappa shape index (κ2) is 10.2. The van der Waals surface area contributed by atoms with E-state index in [0.29, 0.717) is 58.6 Å². The molecule has 0 bridgehead atoms. The van der Waals surface area contributed by atoms with Crippen LogP contribution in [-0.2, 0) is 7.05 Å². The Morgan fingerprint density at radius 1 is 1.11 bits per heavy atom. The summed E-state index contributed by atoms with van der Waals surface area (Å²) in [6, 6.07) is 7.21. The van der Waals surface area contributed by atoms with E-state index >= 15 is 4.39 Å². The van der Waals surface area contributed by atoms with Gasteiger partial charge in [-0.3, -0.25) is 9.58 Å². The number of fused-ring (bicyclic) bond motifs is 2. The Hall–Kier alpha value is -3.77. The third-order valence-corrected chi connectivity index (χ3v) is 7.49. The molecule has 4 heterocycles. The van der Waals surface area contributed by atoms with E-state index in [2.05, 4.69) is 25.4 Å². The lowest BCUT2D eigenvalue weighted by molar-refractivity contribution is 0.0483. The minimum atomic E-state index is -2.36. The van der Waals surface area contributed by atoms with E-state index in [9.17, 15) is 8.78 Å². The summed E-state index contributed by atoms with van der Waals surface area (Å²) in [5.41, 5.74) is 4.83. The van der Waals surface area contributed by atoms with E-state index in [1.54, 1.807) is 33.4 Å². The van der Waals surface area contributed by atoms with Crippen LogP contribution in [0.15, 0.2) is 48.5 Å². The molecule has 2 aromatic carbocycles. The summed E-state index contributed by atoms with van der Waals surface area (Å²) >= 11 is 1.23. The zero-order valence-corrected chi connectivity index (χ0v) is 21.3. The van der Waals surface area contributed by atoms with Gasteiger partial charge in [-0.2, -0.15) is 5.10 Å². The minimum Gasteiger partial charge on any atom is -0.489 e. The highest BCUT2D eigenvalue weighted by Gasteiger charge is 2.25. The first kappa shape index (κ1) is 24.6. The number of thiazole rings is 1. The first-order chi connectivity index (χ1) is 18.4. The van der Waals surface area contributed by atoms with E-state index in [0.717, 1.165) is 11.1 Å². The van der Waals surface area contributed by atoms with Crippen molar-refractivity contribution in [3.05, 3.63) is 54.3 Å². The van der Waals surface area contributed by atoms with Gasteiger partial charge in [0.25, 0.3) is 6.43 Å². The average Bonchev–Trinajstić information content (AvgIpc) is 3.56. The number of ether oxygens (including phenoxy) is 1. The quantitative estimate of drug-likeness (QED) is 0.287. The van der Waals surface area contributed by atoms with E-state index in [-0.39, 0.29) is 18.3 Å². The van der Waals surface area contributed by atoms with Gasteiger partial charge >= 0.3 is 0 Å². The van der Waals surface area contributed by atoms with Crippen molar-refractivity contribution in [2.24, 2.45) is 7.05 Å². The number of nitrogens with zero attached hydrogens (tertiary/aromatic N) is 6. The SMILES string of the molecule is Cn1cc(-c2cc(OC3CCN(CC(F)F)CC3)c3c(Nc4ccc5ncsc5c4F)ncnc3c2)cn1. The summed E-state index contributed by atoms with van der Waals surface area (Å²) < 4.78 is 49.6. The maximum atomic E-state index is 15.2. The Morgan fingerprint density at radius 3 is 2.71 bits per heavy atom. The molecule has 3 aromatic heterocycles. The van der Waals surface area contributed by atoms with Gasteiger partial charge < -0.3 is 10.1 Å². The second-order valence-electron chi connectivity index (χ2n) is 9.26. The highest BCUT2D eigenvalue weighted by molar-refractivity contribution is 7.16. The van der Waals surface area contributed by atoms with Crippen molar-refractivity contribution in [3.63, 3.8) is 0 Å². The van der Waals surface area contributed by atoms with Gasteiger partial charge in [0.1, 0.15) is 24.0 Å². The molecule has 38 heavy (non-hydrogen) atoms. The largest absolute Gasteiger partial charge is 0.489 e. The molecule has 1 aliphatic rings. The molecular weight excluding hydrogens is 515 g/mol. The predicted octanol–water partition coefficient (Wildman–Crippen LogP) is 5.63. The van der Waals surface area contributed by atoms with E-state index in [1.165, 1.54) is 17.7 Å². The van der Waals surface area contributed by atoms with Crippen molar-refractivity contribution < 1.29 is 17.9 Å². The number of halogens is 3. The number of rotatable bonds is 7. The fraction of sp³-hybridized carbons (Fsp3) is 0.308. The molecule has 1 N–H and O–H groups in total. The molecule has 0 unspecified atom stereocenters. The van der Waals surface area contributed by atoms with Gasteiger partial charge in [0, 0.05) is 31.9 Å². The monoisotopic (exact) mass is 539 g/mol. The molecule has 1 saturated heterocycles. The van der Waals surface area contributed by atoms with E-state index in [4.69, 9.17) is 4.74 Å². The Labute approximate surface area is 220 Å². The van der Waals surface area contributed by atoms with Crippen LogP contribution in [-0.4, -0.2) is 61.8 Å². The molecule has 0 spiro atoms. The topological polar surface area (TPSA) is 81.0 Å². The van der Waals surface area contributed by atoms with Gasteiger partial charge in [-0.15, -0.1) is 11.3 Å². The van der Waals surface area contributed by atoms with Crippen molar-refractivity contribution in [1.82, 2.24) is 29.6 Å². The zero-order valence-electron chi connectivity index (χ0n) is 20.4. The Kier molecular flexibility index (Phi) is 6.58. The number of piperidine rings is 1. The number of hydrogen-bond acceptors (Lipinski definition) is 8. The maximum Gasteiger partial charge on any atom is 0.251 e. The summed E-state index contributed by atoms with van der Waals surface area (Å²) in [5.74, 6) is 0.536. The lowest BCUT2D eigenvalue weighted by atomic mass is 10.0. The van der Waals surface area contributed by atoms with Gasteiger partial charge in [0.05, 0.1) is 45.1 Å². The van der Waals surface area contributed by atoms with Gasteiger partial charge in [-0.25, -0.2) is 28.1 Å². The molecule has 5 aromatic rings. The number of anilines is 2. The zero-order chi connectivity index (χ0) is 26.2. The maximum absolute atomic E-state index is 15.2. The fourth-order valence-electron chi connectivity index (χ4n) is 4.78. The highest BCUT2D eigenvalue weighted by Crippen LogP contribution is 2.38. The van der Waals surface area contributed by atoms with Crippen molar-refractivity contribution in [1.29, 1.82) is 0 Å². The number of likely N-dealkylation sites (tertiary alicyclic amines) is 1. The standard InChI is InChI=1S/C26H24F3N7OS/c1-35-11-16(10-33-35)15-8-20-23(21(9-15)37-17-4-6-36(7-5-17)12-22(27)28)26(31-13-30-20)34-18-2-3-19-25(24(18)29)38-14-32-19/h2-3,8-11,13-14,17,22H,4-7,12H2,1H3,(H,30,31,34). The number of aryl methyl sites for hydroxylation is 1. The molecular formula is C26H24F3N7OS. The number of hydrogen-bond donors (Lipinski definition) is 1. The third-order valence-electron chi connectivity index (χ3n) is 6.66. The van der Waals surface area contributed by atoms with Crippen LogP contribution in [0, 0.1) is 5.82 Å². The van der Waals surface area contributed by atoms with Gasteiger partial charge in [-0.1, -0.05) is 0 Å². The van der Waals surface area contributed by atoms with Crippen LogP contribution in [0.2, 0.25) is 0 Å². The van der Waals surface area contributed by atoms with Crippen molar-refractivity contribution in [2.75, 3.05) is 25.0 Å². The molecule has 6 rings (SSSR count). The van der Waals surface area contributed by atoms with Crippen LogP contribution in [0.1, 0.15) is 12.8 Å². The van der Waals surface area contributed by atoms with Crippen molar-refractivity contribution in [3.8, 4) is 16.9 Å². The van der Waals surface area contributed by atoms with E-state index < -0.39 is 12.2 Å². The molecule has 1 fully saturated rings. The van der Waals surface area contributed by atoms with Crippen LogP contribution >= 0.6 is 11.3 Å². The summed E-state index contributed by atoms with van der Waals surface area (Å²) in [6.45, 7) is 0.817. The minimum absolute atomic E-state index is 0.172. The van der Waals surface area contributed by atoms with Gasteiger partial charge in [-0.05, 0) is 42.7 Å². The molecule has 8 nitrogen and oxygen atoms in total. The number of benzene rings is 2. The Bertz CT molecular complexity index is 1600. The van der Waals surface area contributed by atoms with Crippen molar-refractivity contribution >= 4 is 44.0 Å². The van der Waals surface area contributed by atoms with Crippen LogP contribution in [0.3, 0.4) is 0 Å². The summed E-state index contributed by atoms with van der Waals surface area (Å²) in [7, 11) is 1.84. The smallest absolute Gasteiger partial charge is 0.251 e. The lowest BCUT2D eigenvalue weighted by Gasteiger charge is -2.32. The van der Waals surface area contributed by atoms with Gasteiger partial charge in [0.15, 0.2) is 5.82 Å². The van der Waals surface area contributed by atoms with Crippen LogP contribution in [0.5, 0.6) is 5.75 Å². The summed E-state index contributed by atoms with van der Waals surface area (Å²) in [4.78, 5) is 14.8. The summed E-state index contributed by atoms with van der Waals surface area (Å²) in [6.07, 6.45) is 3.77. The predicted molar refractivity (Wildman–Crippen MR) is 141 cm³/mol. The number of aromatic nitrogens is 5. The molecule has 1 aliphatic heterocycles. The van der Waals surface area contributed by atoms with E-state index in [1.807, 2.05) is 25.4 Å². The molecule has 0 atom stereocenters. The first-order valence-corrected chi connectivity index (χ1v) is 13.1. The second-order valence-corrected chi connectivity index (χ2v) is 10.1. The van der Waals surface area contributed by atoms with Gasteiger partial charge in [0.2, 0.25) is 0 Å². The fourth-order valence-corrected chi connectivity index (χ4v) is 5.51. The normalized spacial score (nSPS) is 15.1. The molecule has 12 heteroatoms. The first-order valence-electron chi connectivity index (χ1n) is 12.2. The molecule has 0 aliphatic carbocycles. The molecule has 0 amide bonds. The number of nitrogens with one attached hydrogen (secondary N) is 1. The Morgan fingerprint density at radius 2 is 1.95 bits per heavy atom. The number of alkyl halides is 2.